The third-order valence-corrected chi connectivity index (χ3v) is 4.31. The third-order valence-electron chi connectivity index (χ3n) is 4.31. The molecule has 4 heteroatoms. The van der Waals surface area contributed by atoms with Crippen molar-refractivity contribution in [3.05, 3.63) is 65.2 Å². The standard InChI is InChI=1S/C20H23N3O/c1-4-16-8-10-17(11-9-16)14-23(3)15(2)20(24)22-19-7-5-6-18(12-19)13-21/h5-12,15H,4,14H2,1-3H3,(H,22,24)/p+1/t15-/m0/s1. The topological polar surface area (TPSA) is 57.3 Å². The van der Waals surface area contributed by atoms with E-state index in [4.69, 9.17) is 5.26 Å². The summed E-state index contributed by atoms with van der Waals surface area (Å²) in [6.45, 7) is 4.84. The first-order valence-electron chi connectivity index (χ1n) is 8.24. The van der Waals surface area contributed by atoms with Crippen molar-refractivity contribution < 1.29 is 9.69 Å². The summed E-state index contributed by atoms with van der Waals surface area (Å²) in [7, 11) is 2.02. The van der Waals surface area contributed by atoms with Crippen molar-refractivity contribution in [2.24, 2.45) is 0 Å². The Morgan fingerprint density at radius 2 is 1.88 bits per heavy atom. The van der Waals surface area contributed by atoms with Gasteiger partial charge in [0.1, 0.15) is 6.54 Å². The highest BCUT2D eigenvalue weighted by Gasteiger charge is 2.22. The summed E-state index contributed by atoms with van der Waals surface area (Å²) in [4.78, 5) is 13.5. The number of hydrogen-bond donors (Lipinski definition) is 2. The van der Waals surface area contributed by atoms with Crippen LogP contribution < -0.4 is 10.2 Å². The van der Waals surface area contributed by atoms with Gasteiger partial charge in [-0.3, -0.25) is 4.79 Å². The second-order valence-corrected chi connectivity index (χ2v) is 6.10. The van der Waals surface area contributed by atoms with Crippen LogP contribution in [0.3, 0.4) is 0 Å². The van der Waals surface area contributed by atoms with Crippen molar-refractivity contribution in [2.45, 2.75) is 32.9 Å². The lowest BCUT2D eigenvalue weighted by Crippen LogP contribution is -3.12. The average Bonchev–Trinajstić information content (AvgIpc) is 2.61. The van der Waals surface area contributed by atoms with Gasteiger partial charge < -0.3 is 10.2 Å². The molecule has 0 fully saturated rings. The summed E-state index contributed by atoms with van der Waals surface area (Å²) in [6.07, 6.45) is 1.03. The molecule has 0 saturated carbocycles. The number of benzene rings is 2. The highest BCUT2D eigenvalue weighted by atomic mass is 16.2. The van der Waals surface area contributed by atoms with Crippen molar-refractivity contribution in [1.29, 1.82) is 5.26 Å². The van der Waals surface area contributed by atoms with Crippen molar-refractivity contribution in [3.63, 3.8) is 0 Å². The third kappa shape index (κ3) is 4.68. The molecule has 0 aromatic heterocycles. The van der Waals surface area contributed by atoms with Crippen molar-refractivity contribution >= 4 is 11.6 Å². The largest absolute Gasteiger partial charge is 0.324 e. The SMILES string of the molecule is CCc1ccc(C[NH+](C)[C@@H](C)C(=O)Nc2cccc(C#N)c2)cc1. The van der Waals surface area contributed by atoms with Gasteiger partial charge in [0.05, 0.1) is 18.7 Å². The average molecular weight is 322 g/mol. The quantitative estimate of drug-likeness (QED) is 0.856. The summed E-state index contributed by atoms with van der Waals surface area (Å²) in [5.41, 5.74) is 3.73. The van der Waals surface area contributed by atoms with Gasteiger partial charge in [0.25, 0.3) is 5.91 Å². The molecule has 2 atom stereocenters. The van der Waals surface area contributed by atoms with Gasteiger partial charge in [0, 0.05) is 11.3 Å². The summed E-state index contributed by atoms with van der Waals surface area (Å²) >= 11 is 0. The Hall–Kier alpha value is -2.64. The number of nitrogens with zero attached hydrogens (tertiary/aromatic N) is 1. The zero-order chi connectivity index (χ0) is 17.5. The summed E-state index contributed by atoms with van der Waals surface area (Å²) in [6, 6.07) is 17.4. The Balaban J connectivity index is 1.97. The van der Waals surface area contributed by atoms with E-state index in [1.165, 1.54) is 11.1 Å². The maximum absolute atomic E-state index is 12.4. The molecule has 0 aliphatic rings. The van der Waals surface area contributed by atoms with E-state index in [-0.39, 0.29) is 11.9 Å². The molecule has 2 N–H and O–H groups in total. The summed E-state index contributed by atoms with van der Waals surface area (Å²) in [5, 5.41) is 11.8. The number of quaternary nitrogens is 1. The first kappa shape index (κ1) is 17.7. The van der Waals surface area contributed by atoms with E-state index in [1.807, 2.05) is 14.0 Å². The van der Waals surface area contributed by atoms with Gasteiger partial charge in [-0.05, 0) is 37.1 Å². The number of nitriles is 1. The van der Waals surface area contributed by atoms with Gasteiger partial charge in [-0.1, -0.05) is 37.3 Å². The van der Waals surface area contributed by atoms with E-state index < -0.39 is 0 Å². The Bertz CT molecular complexity index is 731. The molecule has 0 heterocycles. The molecule has 124 valence electrons. The van der Waals surface area contributed by atoms with E-state index >= 15 is 0 Å². The Morgan fingerprint density at radius 1 is 1.21 bits per heavy atom. The van der Waals surface area contributed by atoms with Crippen molar-refractivity contribution in [3.8, 4) is 6.07 Å². The fourth-order valence-corrected chi connectivity index (χ4v) is 2.51. The second-order valence-electron chi connectivity index (χ2n) is 6.10. The van der Waals surface area contributed by atoms with Crippen LogP contribution in [0.1, 0.15) is 30.5 Å². The normalized spacial score (nSPS) is 12.9. The first-order valence-corrected chi connectivity index (χ1v) is 8.24. The molecule has 0 saturated heterocycles. The van der Waals surface area contributed by atoms with Crippen LogP contribution in [0.5, 0.6) is 0 Å². The zero-order valence-corrected chi connectivity index (χ0v) is 14.5. The predicted molar refractivity (Wildman–Crippen MR) is 95.7 cm³/mol. The van der Waals surface area contributed by atoms with E-state index in [1.54, 1.807) is 24.3 Å². The first-order chi connectivity index (χ1) is 11.5. The smallest absolute Gasteiger partial charge is 0.282 e. The molecule has 1 amide bonds. The number of anilines is 1. The minimum atomic E-state index is -0.193. The van der Waals surface area contributed by atoms with E-state index in [0.29, 0.717) is 11.3 Å². The van der Waals surface area contributed by atoms with Crippen LogP contribution in [0.4, 0.5) is 5.69 Å². The van der Waals surface area contributed by atoms with Crippen LogP contribution in [0, 0.1) is 11.3 Å². The van der Waals surface area contributed by atoms with E-state index in [2.05, 4.69) is 42.6 Å². The molecule has 0 spiro atoms. The molecule has 0 bridgehead atoms. The lowest BCUT2D eigenvalue weighted by Gasteiger charge is -2.21. The van der Waals surface area contributed by atoms with E-state index in [9.17, 15) is 4.79 Å². The fourth-order valence-electron chi connectivity index (χ4n) is 2.51. The molecule has 0 radical (unpaired) electrons. The molecule has 0 aliphatic heterocycles. The van der Waals surface area contributed by atoms with Gasteiger partial charge in [0.15, 0.2) is 6.04 Å². The Kier molecular flexibility index (Phi) is 6.11. The number of rotatable bonds is 6. The molecule has 4 nitrogen and oxygen atoms in total. The molecular weight excluding hydrogens is 298 g/mol. The second kappa shape index (κ2) is 8.28. The minimum Gasteiger partial charge on any atom is -0.324 e. The maximum atomic E-state index is 12.4. The fraction of sp³-hybridized carbons (Fsp3) is 0.300. The van der Waals surface area contributed by atoms with Crippen molar-refractivity contribution in [1.82, 2.24) is 0 Å². The van der Waals surface area contributed by atoms with Crippen LogP contribution in [-0.4, -0.2) is 19.0 Å². The summed E-state index contributed by atoms with van der Waals surface area (Å²) in [5.74, 6) is -0.0484. The van der Waals surface area contributed by atoms with E-state index in [0.717, 1.165) is 17.9 Å². The zero-order valence-electron chi connectivity index (χ0n) is 14.5. The van der Waals surface area contributed by atoms with Gasteiger partial charge >= 0.3 is 0 Å². The predicted octanol–water partition coefficient (Wildman–Crippen LogP) is 2.16. The molecule has 2 rings (SSSR count). The number of carbonyl (C=O) groups is 1. The highest BCUT2D eigenvalue weighted by molar-refractivity contribution is 5.93. The minimum absolute atomic E-state index is 0.0484. The Labute approximate surface area is 143 Å². The van der Waals surface area contributed by atoms with Gasteiger partial charge in [-0.25, -0.2) is 0 Å². The molecular formula is C20H24N3O+. The van der Waals surface area contributed by atoms with Gasteiger partial charge in [0.2, 0.25) is 0 Å². The van der Waals surface area contributed by atoms with Crippen LogP contribution in [0.2, 0.25) is 0 Å². The molecule has 1 unspecified atom stereocenters. The lowest BCUT2D eigenvalue weighted by atomic mass is 10.1. The van der Waals surface area contributed by atoms with Crippen LogP contribution in [0.15, 0.2) is 48.5 Å². The van der Waals surface area contributed by atoms with Crippen LogP contribution >= 0.6 is 0 Å². The maximum Gasteiger partial charge on any atom is 0.282 e. The number of carbonyl (C=O) groups excluding carboxylic acids is 1. The van der Waals surface area contributed by atoms with Crippen molar-refractivity contribution in [2.75, 3.05) is 12.4 Å². The molecule has 0 aliphatic carbocycles. The molecule has 24 heavy (non-hydrogen) atoms. The van der Waals surface area contributed by atoms with Crippen LogP contribution in [0.25, 0.3) is 0 Å². The molecule has 2 aromatic carbocycles. The number of aryl methyl sites for hydroxylation is 1. The number of nitrogens with one attached hydrogen (secondary N) is 2. The summed E-state index contributed by atoms with van der Waals surface area (Å²) < 4.78 is 0. The Morgan fingerprint density at radius 3 is 2.50 bits per heavy atom. The number of likely N-dealkylation sites (N-methyl/N-ethyl adjacent to an activating group) is 1. The van der Waals surface area contributed by atoms with Crippen LogP contribution in [-0.2, 0) is 17.8 Å². The van der Waals surface area contributed by atoms with Gasteiger partial charge in [-0.15, -0.1) is 0 Å². The number of amides is 1. The number of hydrogen-bond acceptors (Lipinski definition) is 2. The van der Waals surface area contributed by atoms with Gasteiger partial charge in [-0.2, -0.15) is 5.26 Å². The lowest BCUT2D eigenvalue weighted by molar-refractivity contribution is -0.907. The monoisotopic (exact) mass is 322 g/mol. The molecule has 2 aromatic rings. The highest BCUT2D eigenvalue weighted by Crippen LogP contribution is 2.10.